The van der Waals surface area contributed by atoms with Gasteiger partial charge in [0.1, 0.15) is 5.75 Å². The second-order valence-corrected chi connectivity index (χ2v) is 18.2. The van der Waals surface area contributed by atoms with Crippen LogP contribution in [-0.4, -0.2) is 0 Å². The Labute approximate surface area is 151 Å². The molecule has 0 unspecified atom stereocenters. The first kappa shape index (κ1) is 18.7. The van der Waals surface area contributed by atoms with Crippen molar-refractivity contribution < 1.29 is 9.09 Å². The first-order chi connectivity index (χ1) is 10.6. The Bertz CT molecular complexity index is 811. The monoisotopic (exact) mass is 475 g/mol. The number of hydrogen-bond acceptors (Lipinski definition) is 7. The fraction of sp³-hybridized carbons (Fsp3) is 0. The highest BCUT2D eigenvalue weighted by atomic mass is 35.9. The molecule has 2 heterocycles. The number of benzene rings is 1. The number of hydrogen-bond donors (Lipinski definition) is 4. The van der Waals surface area contributed by atoms with Crippen LogP contribution in [0.15, 0.2) is 43.9 Å². The molecule has 23 heavy (non-hydrogen) atoms. The zero-order valence-corrected chi connectivity index (χ0v) is 17.4. The van der Waals surface area contributed by atoms with Crippen molar-refractivity contribution in [2.24, 2.45) is 13.5 Å². The fourth-order valence-electron chi connectivity index (χ4n) is 1.59. The van der Waals surface area contributed by atoms with Gasteiger partial charge in [0.15, 0.2) is 0 Å². The molecule has 0 aromatic heterocycles. The van der Waals surface area contributed by atoms with Crippen LogP contribution < -0.4 is 25.3 Å². The van der Waals surface area contributed by atoms with Gasteiger partial charge in [-0.15, -0.1) is 0 Å². The summed E-state index contributed by atoms with van der Waals surface area (Å²) in [7, 11) is -6.46. The van der Waals surface area contributed by atoms with Gasteiger partial charge in [-0.05, 0) is 57.1 Å². The van der Waals surface area contributed by atoms with Gasteiger partial charge in [-0.2, -0.15) is 34.3 Å². The summed E-state index contributed by atoms with van der Waals surface area (Å²) in [6.07, 6.45) is 0. The van der Waals surface area contributed by atoms with Crippen molar-refractivity contribution in [2.75, 3.05) is 0 Å². The minimum Gasteiger partial charge on any atom is -0.421 e. The van der Waals surface area contributed by atoms with Crippen molar-refractivity contribution >= 4 is 72.0 Å². The van der Waals surface area contributed by atoms with E-state index < -0.39 is 27.0 Å². The van der Waals surface area contributed by atoms with Crippen LogP contribution in [0.25, 0.3) is 0 Å². The summed E-state index contributed by atoms with van der Waals surface area (Å²) in [4.78, 5) is 0. The topological polar surface area (TPSA) is 112 Å². The second kappa shape index (κ2) is 6.59. The quantitative estimate of drug-likeness (QED) is 0.379. The minimum atomic E-state index is -3.50. The maximum Gasteiger partial charge on any atom is 0.417 e. The van der Waals surface area contributed by atoms with E-state index in [0.29, 0.717) is 5.75 Å². The van der Waals surface area contributed by atoms with E-state index in [1.807, 2.05) is 0 Å². The molecule has 0 saturated carbocycles. The van der Waals surface area contributed by atoms with Crippen molar-refractivity contribution in [1.82, 2.24) is 20.8 Å². The van der Waals surface area contributed by atoms with E-state index in [1.54, 1.807) is 30.3 Å². The molecule has 17 heteroatoms. The van der Waals surface area contributed by atoms with Crippen LogP contribution >= 0.6 is 72.0 Å². The van der Waals surface area contributed by atoms with Crippen LogP contribution in [0.5, 0.6) is 5.75 Å². The largest absolute Gasteiger partial charge is 0.421 e. The van der Waals surface area contributed by atoms with Crippen LogP contribution in [0.4, 0.5) is 0 Å². The lowest BCUT2D eigenvalue weighted by Crippen LogP contribution is -2.48. The molecule has 1 spiro atoms. The maximum atomic E-state index is 12.6. The highest BCUT2D eigenvalue weighted by molar-refractivity contribution is 8.20. The molecule has 1 aromatic rings. The summed E-state index contributed by atoms with van der Waals surface area (Å²) < 4.78 is 30.1. The molecule has 2 aliphatic rings. The standard InChI is InChI=1S/C6H9Cl4N7O2P4/c7-20(8)15-21(9,10)17-22(16-20)11-13-23(18,14-12-22)19-6-4-2-1-3-5-6/h1-5,11-12H,(H2,13,14,18). The van der Waals surface area contributed by atoms with Crippen molar-refractivity contribution in [3.63, 3.8) is 0 Å². The Balaban J connectivity index is 1.84. The average molecular weight is 477 g/mol. The molecule has 1 aromatic carbocycles. The zero-order chi connectivity index (χ0) is 16.8. The van der Waals surface area contributed by atoms with E-state index in [0.717, 1.165) is 0 Å². The van der Waals surface area contributed by atoms with Crippen molar-refractivity contribution in [3.05, 3.63) is 30.3 Å². The van der Waals surface area contributed by atoms with E-state index in [1.165, 1.54) is 0 Å². The van der Waals surface area contributed by atoms with Crippen molar-refractivity contribution in [3.8, 4) is 5.75 Å². The normalized spacial score (nSPS) is 34.8. The Morgan fingerprint density at radius 1 is 0.826 bits per heavy atom. The third-order valence-electron chi connectivity index (χ3n) is 2.37. The lowest BCUT2D eigenvalue weighted by molar-refractivity contribution is 0.439. The van der Waals surface area contributed by atoms with Crippen LogP contribution in [0.2, 0.25) is 0 Å². The van der Waals surface area contributed by atoms with Gasteiger partial charge in [-0.25, -0.2) is 4.57 Å². The molecular formula is C6H9Cl4N7O2P4. The third kappa shape index (κ3) is 4.77. The summed E-state index contributed by atoms with van der Waals surface area (Å²) in [5.41, 5.74) is 0. The number of para-hydroxylation sites is 1. The fourth-order valence-corrected chi connectivity index (χ4v) is 18.3. The molecule has 9 nitrogen and oxygen atoms in total. The number of nitrogens with zero attached hydrogens (tertiary/aromatic N) is 3. The van der Waals surface area contributed by atoms with Gasteiger partial charge in [-0.3, -0.25) is 0 Å². The van der Waals surface area contributed by atoms with Gasteiger partial charge in [0.2, 0.25) is 7.51 Å². The molecule has 0 amide bonds. The van der Waals surface area contributed by atoms with Crippen LogP contribution in [0.3, 0.4) is 0 Å². The van der Waals surface area contributed by atoms with Crippen LogP contribution in [-0.2, 0) is 4.57 Å². The van der Waals surface area contributed by atoms with Crippen molar-refractivity contribution in [1.29, 1.82) is 0 Å². The Morgan fingerprint density at radius 3 is 1.96 bits per heavy atom. The van der Waals surface area contributed by atoms with E-state index >= 15 is 0 Å². The molecule has 2 aliphatic heterocycles. The summed E-state index contributed by atoms with van der Waals surface area (Å²) in [5, 5.41) is 10.4. The van der Waals surface area contributed by atoms with E-state index in [4.69, 9.17) is 49.5 Å². The van der Waals surface area contributed by atoms with E-state index in [-0.39, 0.29) is 0 Å². The van der Waals surface area contributed by atoms with Gasteiger partial charge in [0.05, 0.1) is 0 Å². The molecule has 1 fully saturated rings. The Hall–Kier alpha value is 0.940. The molecule has 3 rings (SSSR count). The van der Waals surface area contributed by atoms with Crippen LogP contribution in [0.1, 0.15) is 0 Å². The number of nitrogens with one attached hydrogen (secondary N) is 4. The van der Waals surface area contributed by atoms with E-state index in [2.05, 4.69) is 34.3 Å². The van der Waals surface area contributed by atoms with Crippen molar-refractivity contribution in [2.45, 2.75) is 0 Å². The molecule has 1 saturated heterocycles. The van der Waals surface area contributed by atoms with Gasteiger partial charge in [0, 0.05) is 0 Å². The minimum absolute atomic E-state index is 0.398. The van der Waals surface area contributed by atoms with Gasteiger partial charge < -0.3 is 4.52 Å². The summed E-state index contributed by atoms with van der Waals surface area (Å²) >= 11 is 24.1. The van der Waals surface area contributed by atoms with Gasteiger partial charge in [-0.1, -0.05) is 18.2 Å². The summed E-state index contributed by atoms with van der Waals surface area (Å²) in [6, 6.07) is 8.60. The lowest BCUT2D eigenvalue weighted by atomic mass is 10.3. The summed E-state index contributed by atoms with van der Waals surface area (Å²) in [6.45, 7) is 0. The highest BCUT2D eigenvalue weighted by Crippen LogP contribution is 2.83. The molecule has 128 valence electrons. The summed E-state index contributed by atoms with van der Waals surface area (Å²) in [5.74, 6) is -5.80. The molecule has 0 atom stereocenters. The maximum absolute atomic E-state index is 12.6. The SMILES string of the molecule is O=P1(Oc2ccccc2)NNP2(=NP(Cl)(Cl)=NP(Cl)(Cl)=N2)NN1. The Morgan fingerprint density at radius 2 is 1.39 bits per heavy atom. The smallest absolute Gasteiger partial charge is 0.417 e. The van der Waals surface area contributed by atoms with Crippen LogP contribution in [0, 0.1) is 0 Å². The first-order valence-corrected chi connectivity index (χ1v) is 16.1. The lowest BCUT2D eigenvalue weighted by Gasteiger charge is -2.35. The van der Waals surface area contributed by atoms with Gasteiger partial charge in [0.25, 0.3) is 11.8 Å². The molecule has 0 bridgehead atoms. The average Bonchev–Trinajstić information content (AvgIpc) is 2.41. The predicted octanol–water partition coefficient (Wildman–Crippen LogP) is 6.18. The predicted molar refractivity (Wildman–Crippen MR) is 98.7 cm³/mol. The molecule has 4 N–H and O–H groups in total. The molecular weight excluding hydrogens is 468 g/mol. The Kier molecular flexibility index (Phi) is 5.36. The number of hydrazine groups is 2. The van der Waals surface area contributed by atoms with E-state index in [9.17, 15) is 4.57 Å². The number of halogens is 4. The van der Waals surface area contributed by atoms with Gasteiger partial charge >= 0.3 is 7.67 Å². The third-order valence-corrected chi connectivity index (χ3v) is 15.2. The molecule has 0 radical (unpaired) electrons. The second-order valence-electron chi connectivity index (χ2n) is 4.18. The first-order valence-electron chi connectivity index (χ1n) is 5.75. The highest BCUT2D eigenvalue weighted by Gasteiger charge is 2.41. The number of rotatable bonds is 2. The zero-order valence-electron chi connectivity index (χ0n) is 10.8. The molecule has 0 aliphatic carbocycles.